The van der Waals surface area contributed by atoms with Crippen molar-refractivity contribution in [2.75, 3.05) is 18.6 Å². The number of hydrazone groups is 1. The normalized spacial score (nSPS) is 14.0. The van der Waals surface area contributed by atoms with Gasteiger partial charge in [-0.25, -0.2) is 4.79 Å². The standard InChI is InChI=1S/C18H18N2O4/c1-12(19-20-15-6-3-13(4-7-15)18(21)22)14-5-8-16-17(11-14)24-10-2-9-23-16/h3-8,11,20H,2,9-10H2,1H3,(H,21,22)/b19-12-. The van der Waals surface area contributed by atoms with Crippen LogP contribution in [-0.2, 0) is 0 Å². The van der Waals surface area contributed by atoms with Crippen molar-refractivity contribution in [1.29, 1.82) is 0 Å². The summed E-state index contributed by atoms with van der Waals surface area (Å²) in [4.78, 5) is 10.8. The lowest BCUT2D eigenvalue weighted by atomic mass is 10.1. The lowest BCUT2D eigenvalue weighted by molar-refractivity contribution is 0.0697. The molecule has 1 aliphatic rings. The van der Waals surface area contributed by atoms with Gasteiger partial charge < -0.3 is 14.6 Å². The van der Waals surface area contributed by atoms with E-state index in [-0.39, 0.29) is 5.56 Å². The van der Waals surface area contributed by atoms with Gasteiger partial charge >= 0.3 is 5.97 Å². The van der Waals surface area contributed by atoms with Crippen molar-refractivity contribution in [3.8, 4) is 11.5 Å². The molecular weight excluding hydrogens is 308 g/mol. The van der Waals surface area contributed by atoms with Crippen LogP contribution in [-0.4, -0.2) is 30.0 Å². The zero-order chi connectivity index (χ0) is 16.9. The maximum Gasteiger partial charge on any atom is 0.335 e. The van der Waals surface area contributed by atoms with Crippen molar-refractivity contribution in [3.63, 3.8) is 0 Å². The highest BCUT2D eigenvalue weighted by Gasteiger charge is 2.11. The van der Waals surface area contributed by atoms with E-state index in [9.17, 15) is 4.79 Å². The van der Waals surface area contributed by atoms with E-state index in [1.54, 1.807) is 12.1 Å². The molecule has 0 saturated heterocycles. The van der Waals surface area contributed by atoms with Gasteiger partial charge in [-0.1, -0.05) is 0 Å². The minimum atomic E-state index is -0.951. The molecule has 0 saturated carbocycles. The van der Waals surface area contributed by atoms with Gasteiger partial charge in [0.25, 0.3) is 0 Å². The maximum atomic E-state index is 10.8. The number of carboxylic acid groups (broad SMARTS) is 1. The van der Waals surface area contributed by atoms with Crippen molar-refractivity contribution in [2.45, 2.75) is 13.3 Å². The number of carboxylic acids is 1. The van der Waals surface area contributed by atoms with Crippen LogP contribution in [0.5, 0.6) is 11.5 Å². The zero-order valence-corrected chi connectivity index (χ0v) is 13.3. The predicted molar refractivity (Wildman–Crippen MR) is 91.3 cm³/mol. The average Bonchev–Trinajstić information content (AvgIpc) is 2.84. The largest absolute Gasteiger partial charge is 0.490 e. The Morgan fingerprint density at radius 2 is 1.71 bits per heavy atom. The van der Waals surface area contributed by atoms with E-state index in [0.717, 1.165) is 29.2 Å². The number of nitrogens with one attached hydrogen (secondary N) is 1. The fraction of sp³-hybridized carbons (Fsp3) is 0.222. The summed E-state index contributed by atoms with van der Waals surface area (Å²) in [7, 11) is 0. The third-order valence-electron chi connectivity index (χ3n) is 3.65. The fourth-order valence-corrected chi connectivity index (χ4v) is 2.29. The number of aromatic carboxylic acids is 1. The Kier molecular flexibility index (Phi) is 4.65. The molecule has 0 spiro atoms. The van der Waals surface area contributed by atoms with Crippen molar-refractivity contribution in [2.24, 2.45) is 5.10 Å². The molecule has 1 heterocycles. The molecule has 0 bridgehead atoms. The number of fused-ring (bicyclic) bond motifs is 1. The number of hydrogen-bond donors (Lipinski definition) is 2. The fourth-order valence-electron chi connectivity index (χ4n) is 2.29. The molecule has 0 unspecified atom stereocenters. The first kappa shape index (κ1) is 15.9. The van der Waals surface area contributed by atoms with Crippen LogP contribution in [0.1, 0.15) is 29.3 Å². The first-order valence-electron chi connectivity index (χ1n) is 7.67. The SMILES string of the molecule is C/C(=N/Nc1ccc(C(=O)O)cc1)c1ccc2c(c1)OCCCO2. The van der Waals surface area contributed by atoms with E-state index in [2.05, 4.69) is 10.5 Å². The number of benzene rings is 2. The third-order valence-corrected chi connectivity index (χ3v) is 3.65. The molecule has 2 aromatic carbocycles. The zero-order valence-electron chi connectivity index (χ0n) is 13.3. The van der Waals surface area contributed by atoms with Crippen LogP contribution >= 0.6 is 0 Å². The van der Waals surface area contributed by atoms with Crippen LogP contribution in [0.3, 0.4) is 0 Å². The number of rotatable bonds is 4. The first-order chi connectivity index (χ1) is 11.6. The quantitative estimate of drug-likeness (QED) is 0.665. The molecule has 0 atom stereocenters. The molecule has 0 fully saturated rings. The van der Waals surface area contributed by atoms with Crippen molar-refractivity contribution in [1.82, 2.24) is 0 Å². The molecule has 1 aliphatic heterocycles. The van der Waals surface area contributed by atoms with Gasteiger partial charge in [-0.05, 0) is 49.4 Å². The summed E-state index contributed by atoms with van der Waals surface area (Å²) in [6, 6.07) is 12.1. The van der Waals surface area contributed by atoms with E-state index in [0.29, 0.717) is 18.9 Å². The summed E-state index contributed by atoms with van der Waals surface area (Å²) < 4.78 is 11.3. The van der Waals surface area contributed by atoms with Gasteiger partial charge in [-0.15, -0.1) is 0 Å². The van der Waals surface area contributed by atoms with E-state index >= 15 is 0 Å². The predicted octanol–water partition coefficient (Wildman–Crippen LogP) is 3.38. The van der Waals surface area contributed by atoms with Crippen LogP contribution in [0.25, 0.3) is 0 Å². The lowest BCUT2D eigenvalue weighted by Gasteiger charge is -2.09. The van der Waals surface area contributed by atoms with Crippen molar-refractivity contribution >= 4 is 17.4 Å². The second-order valence-corrected chi connectivity index (χ2v) is 5.40. The molecule has 0 aromatic heterocycles. The summed E-state index contributed by atoms with van der Waals surface area (Å²) in [5.41, 5.74) is 5.59. The number of ether oxygens (including phenoxy) is 2. The van der Waals surface area contributed by atoms with Gasteiger partial charge in [0.15, 0.2) is 11.5 Å². The van der Waals surface area contributed by atoms with Crippen LogP contribution in [0.15, 0.2) is 47.6 Å². The van der Waals surface area contributed by atoms with Crippen LogP contribution in [0, 0.1) is 0 Å². The molecule has 3 rings (SSSR count). The maximum absolute atomic E-state index is 10.8. The van der Waals surface area contributed by atoms with Crippen LogP contribution in [0.2, 0.25) is 0 Å². The Balaban J connectivity index is 1.73. The van der Waals surface area contributed by atoms with Crippen LogP contribution < -0.4 is 14.9 Å². The number of anilines is 1. The highest BCUT2D eigenvalue weighted by Crippen LogP contribution is 2.30. The van der Waals surface area contributed by atoms with E-state index in [1.807, 2.05) is 25.1 Å². The minimum absolute atomic E-state index is 0.240. The Morgan fingerprint density at radius 3 is 2.42 bits per heavy atom. The highest BCUT2D eigenvalue weighted by atomic mass is 16.5. The van der Waals surface area contributed by atoms with Crippen molar-refractivity contribution < 1.29 is 19.4 Å². The smallest absolute Gasteiger partial charge is 0.335 e. The monoisotopic (exact) mass is 326 g/mol. The minimum Gasteiger partial charge on any atom is -0.490 e. The topological polar surface area (TPSA) is 80.2 Å². The molecule has 6 nitrogen and oxygen atoms in total. The molecule has 124 valence electrons. The summed E-state index contributed by atoms with van der Waals surface area (Å²) in [5.74, 6) is 0.528. The average molecular weight is 326 g/mol. The highest BCUT2D eigenvalue weighted by molar-refractivity contribution is 5.99. The molecule has 0 aliphatic carbocycles. The molecule has 6 heteroatoms. The van der Waals surface area contributed by atoms with Gasteiger partial charge in [-0.3, -0.25) is 5.43 Å². The first-order valence-corrected chi connectivity index (χ1v) is 7.67. The lowest BCUT2D eigenvalue weighted by Crippen LogP contribution is -2.02. The molecule has 0 radical (unpaired) electrons. The third kappa shape index (κ3) is 3.65. The molecule has 2 aromatic rings. The number of carbonyl (C=O) groups is 1. The van der Waals surface area contributed by atoms with Gasteiger partial charge in [0.2, 0.25) is 0 Å². The summed E-state index contributed by atoms with van der Waals surface area (Å²) in [6.07, 6.45) is 0.866. The van der Waals surface area contributed by atoms with Crippen LogP contribution in [0.4, 0.5) is 5.69 Å². The Bertz CT molecular complexity index is 769. The van der Waals surface area contributed by atoms with Gasteiger partial charge in [0.1, 0.15) is 0 Å². The number of hydrogen-bond acceptors (Lipinski definition) is 5. The summed E-state index contributed by atoms with van der Waals surface area (Å²) >= 11 is 0. The molecular formula is C18H18N2O4. The summed E-state index contributed by atoms with van der Waals surface area (Å²) in [5, 5.41) is 13.2. The van der Waals surface area contributed by atoms with Gasteiger partial charge in [-0.2, -0.15) is 5.10 Å². The Hall–Kier alpha value is -3.02. The molecule has 0 amide bonds. The number of nitrogens with zero attached hydrogens (tertiary/aromatic N) is 1. The molecule has 24 heavy (non-hydrogen) atoms. The van der Waals surface area contributed by atoms with Gasteiger partial charge in [0, 0.05) is 12.0 Å². The van der Waals surface area contributed by atoms with E-state index in [1.165, 1.54) is 12.1 Å². The molecule has 2 N–H and O–H groups in total. The van der Waals surface area contributed by atoms with Crippen molar-refractivity contribution in [3.05, 3.63) is 53.6 Å². The summed E-state index contributed by atoms with van der Waals surface area (Å²) in [6.45, 7) is 3.19. The second kappa shape index (κ2) is 7.04. The van der Waals surface area contributed by atoms with E-state index < -0.39 is 5.97 Å². The Morgan fingerprint density at radius 1 is 1.04 bits per heavy atom. The Labute approximate surface area is 139 Å². The van der Waals surface area contributed by atoms with Gasteiger partial charge in [0.05, 0.1) is 30.2 Å². The van der Waals surface area contributed by atoms with E-state index in [4.69, 9.17) is 14.6 Å². The second-order valence-electron chi connectivity index (χ2n) is 5.40.